The van der Waals surface area contributed by atoms with Crippen molar-refractivity contribution < 1.29 is 17.9 Å². The summed E-state index contributed by atoms with van der Waals surface area (Å²) >= 11 is 0. The van der Waals surface area contributed by atoms with Crippen molar-refractivity contribution in [3.63, 3.8) is 0 Å². The van der Waals surface area contributed by atoms with Gasteiger partial charge in [0.25, 0.3) is 0 Å². The second kappa shape index (κ2) is 7.66. The fourth-order valence-electron chi connectivity index (χ4n) is 2.23. The second-order valence-corrected chi connectivity index (χ2v) is 5.17. The number of nitrogens with two attached hydrogens (primary N) is 1. The molecule has 0 saturated heterocycles. The minimum atomic E-state index is -4.39. The molecule has 0 aliphatic heterocycles. The third-order valence-corrected chi connectivity index (χ3v) is 3.27. The molecule has 3 nitrogen and oxygen atoms in total. The number of halogens is 3. The number of alkyl halides is 3. The molecule has 0 bridgehead atoms. The molecule has 0 saturated carbocycles. The van der Waals surface area contributed by atoms with E-state index in [1.54, 1.807) is 11.0 Å². The third-order valence-electron chi connectivity index (χ3n) is 3.27. The lowest BCUT2D eigenvalue weighted by molar-refractivity contribution is -0.137. The number of rotatable bonds is 7. The van der Waals surface area contributed by atoms with Crippen LogP contribution in [-0.4, -0.2) is 32.8 Å². The van der Waals surface area contributed by atoms with Crippen LogP contribution >= 0.6 is 0 Å². The maximum atomic E-state index is 13.3. The fraction of sp³-hybridized carbons (Fsp3) is 0.600. The highest BCUT2D eigenvalue weighted by atomic mass is 19.4. The first kappa shape index (κ1) is 17.8. The molecule has 2 N–H and O–H groups in total. The van der Waals surface area contributed by atoms with Gasteiger partial charge in [-0.05, 0) is 44.5 Å². The Hall–Kier alpha value is -1.27. The normalized spacial score (nSPS) is 12.0. The van der Waals surface area contributed by atoms with Crippen LogP contribution in [-0.2, 0) is 17.3 Å². The van der Waals surface area contributed by atoms with E-state index in [4.69, 9.17) is 10.5 Å². The van der Waals surface area contributed by atoms with Gasteiger partial charge in [0.15, 0.2) is 0 Å². The summed E-state index contributed by atoms with van der Waals surface area (Å²) in [5.41, 5.74) is 5.60. The number of ether oxygens (including phenoxy) is 1. The second-order valence-electron chi connectivity index (χ2n) is 5.17. The lowest BCUT2D eigenvalue weighted by Gasteiger charge is -2.31. The Labute approximate surface area is 123 Å². The van der Waals surface area contributed by atoms with Gasteiger partial charge in [0.1, 0.15) is 0 Å². The summed E-state index contributed by atoms with van der Waals surface area (Å²) in [6, 6.07) is 4.38. The highest BCUT2D eigenvalue weighted by Gasteiger charge is 2.35. The molecule has 0 fully saturated rings. The quantitative estimate of drug-likeness (QED) is 0.841. The van der Waals surface area contributed by atoms with E-state index in [-0.39, 0.29) is 11.7 Å². The van der Waals surface area contributed by atoms with Crippen molar-refractivity contribution in [2.45, 2.75) is 32.5 Å². The van der Waals surface area contributed by atoms with Crippen LogP contribution < -0.4 is 10.6 Å². The Morgan fingerprint density at radius 3 is 2.43 bits per heavy atom. The first-order valence-corrected chi connectivity index (χ1v) is 6.97. The predicted molar refractivity (Wildman–Crippen MR) is 78.6 cm³/mol. The van der Waals surface area contributed by atoms with Gasteiger partial charge in [0.05, 0.1) is 12.2 Å². The summed E-state index contributed by atoms with van der Waals surface area (Å²) in [5.74, 6) is 0. The zero-order chi connectivity index (χ0) is 16.0. The molecule has 0 aromatic heterocycles. The lowest BCUT2D eigenvalue weighted by Crippen LogP contribution is -2.35. The van der Waals surface area contributed by atoms with Crippen LogP contribution in [0, 0.1) is 0 Å². The van der Waals surface area contributed by atoms with Gasteiger partial charge in [0.2, 0.25) is 0 Å². The topological polar surface area (TPSA) is 38.5 Å². The summed E-state index contributed by atoms with van der Waals surface area (Å²) in [6.45, 7) is 4.84. The van der Waals surface area contributed by atoms with Crippen LogP contribution in [0.1, 0.15) is 25.0 Å². The van der Waals surface area contributed by atoms with Gasteiger partial charge >= 0.3 is 6.18 Å². The standard InChI is InChI=1S/C15H23F3N2O/c1-11(2)20(8-9-21-3)14-5-4-12(6-7-19)10-13(14)15(16,17)18/h4-5,10-11H,6-9,19H2,1-3H3. The number of hydrogen-bond acceptors (Lipinski definition) is 3. The molecule has 0 aliphatic rings. The van der Waals surface area contributed by atoms with E-state index in [1.165, 1.54) is 19.2 Å². The van der Waals surface area contributed by atoms with Crippen LogP contribution in [0.5, 0.6) is 0 Å². The summed E-state index contributed by atoms with van der Waals surface area (Å²) in [7, 11) is 1.54. The lowest BCUT2D eigenvalue weighted by atomic mass is 10.0. The molecule has 1 aromatic rings. The van der Waals surface area contributed by atoms with Gasteiger partial charge < -0.3 is 15.4 Å². The number of methoxy groups -OCH3 is 1. The van der Waals surface area contributed by atoms with Crippen LogP contribution in [0.3, 0.4) is 0 Å². The molecule has 1 rings (SSSR count). The molecule has 0 spiro atoms. The highest BCUT2D eigenvalue weighted by Crippen LogP contribution is 2.38. The molecule has 21 heavy (non-hydrogen) atoms. The maximum Gasteiger partial charge on any atom is 0.418 e. The molecule has 1 aromatic carbocycles. The Bertz CT molecular complexity index is 447. The van der Waals surface area contributed by atoms with Crippen LogP contribution in [0.2, 0.25) is 0 Å². The fourth-order valence-corrected chi connectivity index (χ4v) is 2.23. The molecule has 0 amide bonds. The van der Waals surface area contributed by atoms with Gasteiger partial charge in [-0.2, -0.15) is 13.2 Å². The predicted octanol–water partition coefficient (Wildman–Crippen LogP) is 3.07. The summed E-state index contributed by atoms with van der Waals surface area (Å²) < 4.78 is 45.0. The monoisotopic (exact) mass is 304 g/mol. The van der Waals surface area contributed by atoms with E-state index in [1.807, 2.05) is 13.8 Å². The van der Waals surface area contributed by atoms with Crippen molar-refractivity contribution >= 4 is 5.69 Å². The largest absolute Gasteiger partial charge is 0.418 e. The van der Waals surface area contributed by atoms with Crippen molar-refractivity contribution in [1.29, 1.82) is 0 Å². The van der Waals surface area contributed by atoms with Gasteiger partial charge in [0, 0.05) is 25.4 Å². The minimum Gasteiger partial charge on any atom is -0.383 e. The zero-order valence-corrected chi connectivity index (χ0v) is 12.7. The number of benzene rings is 1. The van der Waals surface area contributed by atoms with E-state index in [2.05, 4.69) is 0 Å². The van der Waals surface area contributed by atoms with Crippen molar-refractivity contribution in [1.82, 2.24) is 0 Å². The number of nitrogens with zero attached hydrogens (tertiary/aromatic N) is 1. The molecule has 0 radical (unpaired) electrons. The van der Waals surface area contributed by atoms with E-state index in [0.29, 0.717) is 31.7 Å². The SMILES string of the molecule is COCCN(c1ccc(CCN)cc1C(F)(F)F)C(C)C. The molecule has 0 aliphatic carbocycles. The Morgan fingerprint density at radius 2 is 1.95 bits per heavy atom. The van der Waals surface area contributed by atoms with Crippen LogP contribution in [0.4, 0.5) is 18.9 Å². The van der Waals surface area contributed by atoms with E-state index < -0.39 is 11.7 Å². The highest BCUT2D eigenvalue weighted by molar-refractivity contribution is 5.57. The number of anilines is 1. The van der Waals surface area contributed by atoms with E-state index >= 15 is 0 Å². The Morgan fingerprint density at radius 1 is 1.29 bits per heavy atom. The van der Waals surface area contributed by atoms with Crippen molar-refractivity contribution in [2.75, 3.05) is 31.7 Å². The molecular formula is C15H23F3N2O. The Balaban J connectivity index is 3.24. The smallest absolute Gasteiger partial charge is 0.383 e. The van der Waals surface area contributed by atoms with Crippen molar-refractivity contribution in [3.8, 4) is 0 Å². The molecule has 120 valence electrons. The molecule has 6 heteroatoms. The first-order valence-electron chi connectivity index (χ1n) is 6.97. The summed E-state index contributed by atoms with van der Waals surface area (Å²) in [4.78, 5) is 1.71. The van der Waals surface area contributed by atoms with E-state index in [9.17, 15) is 13.2 Å². The van der Waals surface area contributed by atoms with Crippen molar-refractivity contribution in [3.05, 3.63) is 29.3 Å². The van der Waals surface area contributed by atoms with Crippen LogP contribution in [0.25, 0.3) is 0 Å². The van der Waals surface area contributed by atoms with Gasteiger partial charge in [-0.25, -0.2) is 0 Å². The van der Waals surface area contributed by atoms with Gasteiger partial charge in [-0.15, -0.1) is 0 Å². The average molecular weight is 304 g/mol. The third kappa shape index (κ3) is 4.89. The summed E-state index contributed by atoms with van der Waals surface area (Å²) in [6.07, 6.45) is -3.96. The molecule has 0 unspecified atom stereocenters. The Kier molecular flexibility index (Phi) is 6.48. The van der Waals surface area contributed by atoms with Crippen LogP contribution in [0.15, 0.2) is 18.2 Å². The average Bonchev–Trinajstić information content (AvgIpc) is 2.39. The zero-order valence-electron chi connectivity index (χ0n) is 12.7. The van der Waals surface area contributed by atoms with Gasteiger partial charge in [-0.1, -0.05) is 6.07 Å². The van der Waals surface area contributed by atoms with Gasteiger partial charge in [-0.3, -0.25) is 0 Å². The van der Waals surface area contributed by atoms with Crippen molar-refractivity contribution in [2.24, 2.45) is 5.73 Å². The maximum absolute atomic E-state index is 13.3. The minimum absolute atomic E-state index is 0.0541. The first-order chi connectivity index (χ1) is 9.81. The van der Waals surface area contributed by atoms with E-state index in [0.717, 1.165) is 0 Å². The molecule has 0 heterocycles. The summed E-state index contributed by atoms with van der Waals surface area (Å²) in [5, 5.41) is 0. The molecular weight excluding hydrogens is 281 g/mol. The molecule has 0 atom stereocenters. The number of hydrogen-bond donors (Lipinski definition) is 1.